The van der Waals surface area contributed by atoms with Gasteiger partial charge in [-0.3, -0.25) is 14.5 Å². The summed E-state index contributed by atoms with van der Waals surface area (Å²) < 4.78 is 19.0. The molecule has 0 atom stereocenters. The molecule has 2 amide bonds. The van der Waals surface area contributed by atoms with Gasteiger partial charge >= 0.3 is 0 Å². The van der Waals surface area contributed by atoms with Gasteiger partial charge in [0.05, 0.1) is 18.6 Å². The van der Waals surface area contributed by atoms with Crippen LogP contribution in [0.3, 0.4) is 0 Å². The quantitative estimate of drug-likeness (QED) is 0.688. The molecule has 9 heteroatoms. The summed E-state index contributed by atoms with van der Waals surface area (Å²) in [6.07, 6.45) is 1.33. The smallest absolute Gasteiger partial charge is 0.293 e. The van der Waals surface area contributed by atoms with E-state index in [1.165, 1.54) is 43.5 Å². The van der Waals surface area contributed by atoms with Crippen molar-refractivity contribution in [2.75, 3.05) is 7.11 Å². The minimum absolute atomic E-state index is 0.0509. The summed E-state index contributed by atoms with van der Waals surface area (Å²) in [5.41, 5.74) is 0.267. The Morgan fingerprint density at radius 3 is 2.70 bits per heavy atom. The lowest BCUT2D eigenvalue weighted by Crippen LogP contribution is -2.28. The van der Waals surface area contributed by atoms with E-state index >= 15 is 0 Å². The number of halogens is 3. The SMILES string of the molecule is COc1cc(Cl)cc(/C=C2\SC(=O)N(Cc3c(F)cccc3Cl)C2=O)c1O. The molecule has 5 nitrogen and oxygen atoms in total. The third-order valence-corrected chi connectivity index (χ3v) is 5.31. The van der Waals surface area contributed by atoms with Crippen molar-refractivity contribution in [1.82, 2.24) is 4.90 Å². The molecule has 1 fully saturated rings. The van der Waals surface area contributed by atoms with Gasteiger partial charge in [-0.1, -0.05) is 29.3 Å². The van der Waals surface area contributed by atoms with E-state index in [9.17, 15) is 19.1 Å². The Bertz CT molecular complexity index is 960. The molecule has 0 spiro atoms. The monoisotopic (exact) mass is 427 g/mol. The average Bonchev–Trinajstić information content (AvgIpc) is 2.88. The van der Waals surface area contributed by atoms with Gasteiger partial charge in [-0.15, -0.1) is 0 Å². The van der Waals surface area contributed by atoms with Gasteiger partial charge in [-0.05, 0) is 36.0 Å². The number of methoxy groups -OCH3 is 1. The van der Waals surface area contributed by atoms with E-state index in [0.717, 1.165) is 4.90 Å². The minimum atomic E-state index is -0.623. The number of imide groups is 1. The van der Waals surface area contributed by atoms with Crippen LogP contribution in [0.25, 0.3) is 6.08 Å². The maximum absolute atomic E-state index is 14.0. The maximum Gasteiger partial charge on any atom is 0.293 e. The van der Waals surface area contributed by atoms with Gasteiger partial charge < -0.3 is 9.84 Å². The van der Waals surface area contributed by atoms with Gasteiger partial charge in [0.25, 0.3) is 11.1 Å². The van der Waals surface area contributed by atoms with Gasteiger partial charge in [0.2, 0.25) is 0 Å². The van der Waals surface area contributed by atoms with Crippen LogP contribution in [0.2, 0.25) is 10.0 Å². The largest absolute Gasteiger partial charge is 0.504 e. The number of rotatable bonds is 4. The second-order valence-corrected chi connectivity index (χ2v) is 7.35. The molecule has 0 aromatic heterocycles. The molecular formula is C18H12Cl2FNO4S. The molecule has 2 aromatic carbocycles. The predicted octanol–water partition coefficient (Wildman–Crippen LogP) is 5.08. The van der Waals surface area contributed by atoms with Crippen LogP contribution >= 0.6 is 35.0 Å². The Kier molecular flexibility index (Phi) is 5.64. The predicted molar refractivity (Wildman–Crippen MR) is 103 cm³/mol. The number of hydrogen-bond acceptors (Lipinski definition) is 5. The molecule has 1 saturated heterocycles. The molecule has 0 unspecified atom stereocenters. The Hall–Kier alpha value is -2.22. The zero-order chi connectivity index (χ0) is 19.7. The molecule has 0 aliphatic carbocycles. The topological polar surface area (TPSA) is 66.8 Å². The number of ether oxygens (including phenoxy) is 1. The standard InChI is InChI=1S/C18H12Cl2FNO4S/c1-26-14-7-10(19)5-9(16(14)23)6-15-17(24)22(18(25)27-15)8-11-12(20)3-2-4-13(11)21/h2-7,23H,8H2,1H3/b15-6-. The summed E-state index contributed by atoms with van der Waals surface area (Å²) >= 11 is 12.6. The van der Waals surface area contributed by atoms with Crippen molar-refractivity contribution in [3.05, 3.63) is 62.2 Å². The summed E-state index contributed by atoms with van der Waals surface area (Å²) in [5, 5.41) is 10.0. The lowest BCUT2D eigenvalue weighted by Gasteiger charge is -2.14. The number of carbonyl (C=O) groups excluding carboxylic acids is 2. The lowest BCUT2D eigenvalue weighted by atomic mass is 10.1. The zero-order valence-corrected chi connectivity index (χ0v) is 16.2. The van der Waals surface area contributed by atoms with Gasteiger partial charge in [0, 0.05) is 27.2 Å². The molecule has 0 radical (unpaired) electrons. The molecule has 1 aliphatic heterocycles. The first-order valence-corrected chi connectivity index (χ1v) is 9.13. The van der Waals surface area contributed by atoms with Crippen LogP contribution in [0, 0.1) is 5.82 Å². The number of hydrogen-bond donors (Lipinski definition) is 1. The van der Waals surface area contributed by atoms with Crippen molar-refractivity contribution >= 4 is 52.2 Å². The molecule has 3 rings (SSSR count). The van der Waals surface area contributed by atoms with Crippen LogP contribution in [0.4, 0.5) is 9.18 Å². The van der Waals surface area contributed by atoms with Crippen LogP contribution in [-0.2, 0) is 11.3 Å². The average molecular weight is 428 g/mol. The fraction of sp³-hybridized carbons (Fsp3) is 0.111. The molecule has 1 N–H and O–H groups in total. The number of phenolic OH excluding ortho intramolecular Hbond substituents is 1. The summed E-state index contributed by atoms with van der Waals surface area (Å²) in [5.74, 6) is -1.32. The van der Waals surface area contributed by atoms with Crippen molar-refractivity contribution in [3.8, 4) is 11.5 Å². The number of thioether (sulfide) groups is 1. The normalized spacial score (nSPS) is 15.7. The van der Waals surface area contributed by atoms with Crippen LogP contribution in [0.1, 0.15) is 11.1 Å². The Balaban J connectivity index is 1.93. The molecule has 0 saturated carbocycles. The van der Waals surface area contributed by atoms with E-state index < -0.39 is 17.0 Å². The first kappa shape index (κ1) is 19.5. The van der Waals surface area contributed by atoms with E-state index in [1.54, 1.807) is 0 Å². The molecular weight excluding hydrogens is 416 g/mol. The highest BCUT2D eigenvalue weighted by molar-refractivity contribution is 8.18. The zero-order valence-electron chi connectivity index (χ0n) is 13.8. The number of nitrogens with zero attached hydrogens (tertiary/aromatic N) is 1. The van der Waals surface area contributed by atoms with E-state index in [4.69, 9.17) is 27.9 Å². The molecule has 140 valence electrons. The minimum Gasteiger partial charge on any atom is -0.504 e. The molecule has 1 heterocycles. The van der Waals surface area contributed by atoms with Crippen LogP contribution < -0.4 is 4.74 Å². The Morgan fingerprint density at radius 1 is 1.30 bits per heavy atom. The summed E-state index contributed by atoms with van der Waals surface area (Å²) in [4.78, 5) is 25.8. The number of amides is 2. The molecule has 0 bridgehead atoms. The van der Waals surface area contributed by atoms with Crippen molar-refractivity contribution in [2.24, 2.45) is 0 Å². The number of carbonyl (C=O) groups is 2. The van der Waals surface area contributed by atoms with Gasteiger partial charge in [-0.25, -0.2) is 4.39 Å². The van der Waals surface area contributed by atoms with Crippen LogP contribution in [0.5, 0.6) is 11.5 Å². The third kappa shape index (κ3) is 3.90. The van der Waals surface area contributed by atoms with E-state index in [0.29, 0.717) is 11.8 Å². The summed E-state index contributed by atoms with van der Waals surface area (Å²) in [7, 11) is 1.36. The third-order valence-electron chi connectivity index (χ3n) is 3.83. The van der Waals surface area contributed by atoms with Crippen LogP contribution in [-0.4, -0.2) is 28.3 Å². The Labute approximate surface area is 168 Å². The van der Waals surface area contributed by atoms with Crippen molar-refractivity contribution in [1.29, 1.82) is 0 Å². The highest BCUT2D eigenvalue weighted by Crippen LogP contribution is 2.39. The summed E-state index contributed by atoms with van der Waals surface area (Å²) in [6.45, 7) is -0.293. The van der Waals surface area contributed by atoms with Crippen molar-refractivity contribution in [2.45, 2.75) is 6.54 Å². The van der Waals surface area contributed by atoms with E-state index in [1.807, 2.05) is 0 Å². The lowest BCUT2D eigenvalue weighted by molar-refractivity contribution is -0.123. The van der Waals surface area contributed by atoms with E-state index in [2.05, 4.69) is 0 Å². The van der Waals surface area contributed by atoms with Crippen molar-refractivity contribution in [3.63, 3.8) is 0 Å². The number of aromatic hydroxyl groups is 1. The first-order valence-electron chi connectivity index (χ1n) is 7.56. The van der Waals surface area contributed by atoms with Crippen LogP contribution in [0.15, 0.2) is 35.2 Å². The van der Waals surface area contributed by atoms with E-state index in [-0.39, 0.29) is 44.1 Å². The fourth-order valence-corrected chi connectivity index (χ4v) is 3.75. The van der Waals surface area contributed by atoms with Gasteiger partial charge in [0.1, 0.15) is 5.82 Å². The maximum atomic E-state index is 14.0. The molecule has 27 heavy (non-hydrogen) atoms. The molecule has 2 aromatic rings. The first-order chi connectivity index (χ1) is 12.8. The second-order valence-electron chi connectivity index (χ2n) is 5.51. The number of benzene rings is 2. The summed E-state index contributed by atoms with van der Waals surface area (Å²) in [6, 6.07) is 6.96. The Morgan fingerprint density at radius 2 is 2.04 bits per heavy atom. The highest BCUT2D eigenvalue weighted by Gasteiger charge is 2.36. The van der Waals surface area contributed by atoms with Gasteiger partial charge in [-0.2, -0.15) is 0 Å². The second kappa shape index (κ2) is 7.80. The van der Waals surface area contributed by atoms with Crippen molar-refractivity contribution < 1.29 is 23.8 Å². The fourth-order valence-electron chi connectivity index (χ4n) is 2.48. The number of phenols is 1. The molecule has 1 aliphatic rings. The van der Waals surface area contributed by atoms with Gasteiger partial charge in [0.15, 0.2) is 11.5 Å². The highest BCUT2D eigenvalue weighted by atomic mass is 35.5.